The van der Waals surface area contributed by atoms with E-state index in [0.29, 0.717) is 16.5 Å². The summed E-state index contributed by atoms with van der Waals surface area (Å²) in [5.74, 6) is 0. The van der Waals surface area contributed by atoms with Crippen molar-refractivity contribution in [1.29, 1.82) is 0 Å². The van der Waals surface area contributed by atoms with Crippen LogP contribution in [-0.2, 0) is 6.42 Å². The normalized spacial score (nSPS) is 10.5. The molecular weight excluding hydrogens is 255 g/mol. The SMILES string of the molecule is OCCc1cc(-c2ccccc2Cl)ccc1Cl. The molecular formula is C14H12Cl2O. The van der Waals surface area contributed by atoms with Gasteiger partial charge in [0.15, 0.2) is 0 Å². The van der Waals surface area contributed by atoms with E-state index in [1.807, 2.05) is 42.5 Å². The maximum Gasteiger partial charge on any atom is 0.0484 e. The van der Waals surface area contributed by atoms with Crippen molar-refractivity contribution < 1.29 is 5.11 Å². The Bertz CT molecular complexity index is 523. The van der Waals surface area contributed by atoms with E-state index in [1.165, 1.54) is 0 Å². The summed E-state index contributed by atoms with van der Waals surface area (Å²) in [6.07, 6.45) is 0.553. The number of aliphatic hydroxyl groups is 1. The average molecular weight is 267 g/mol. The average Bonchev–Trinajstić information content (AvgIpc) is 2.33. The largest absolute Gasteiger partial charge is 0.396 e. The summed E-state index contributed by atoms with van der Waals surface area (Å²) in [7, 11) is 0. The zero-order chi connectivity index (χ0) is 12.3. The predicted octanol–water partition coefficient (Wildman–Crippen LogP) is 4.20. The summed E-state index contributed by atoms with van der Waals surface area (Å²) in [6, 6.07) is 13.4. The van der Waals surface area contributed by atoms with Gasteiger partial charge in [-0.15, -0.1) is 0 Å². The number of halogens is 2. The van der Waals surface area contributed by atoms with Gasteiger partial charge in [-0.25, -0.2) is 0 Å². The van der Waals surface area contributed by atoms with Crippen LogP contribution in [0.2, 0.25) is 10.0 Å². The van der Waals surface area contributed by atoms with E-state index in [4.69, 9.17) is 28.3 Å². The van der Waals surface area contributed by atoms with Crippen LogP contribution in [0.4, 0.5) is 0 Å². The molecule has 3 heteroatoms. The Hall–Kier alpha value is -1.02. The molecule has 0 amide bonds. The van der Waals surface area contributed by atoms with Crippen LogP contribution in [-0.4, -0.2) is 11.7 Å². The Kier molecular flexibility index (Phi) is 4.06. The van der Waals surface area contributed by atoms with Crippen LogP contribution in [0, 0.1) is 0 Å². The van der Waals surface area contributed by atoms with E-state index in [-0.39, 0.29) is 6.61 Å². The molecule has 0 bridgehead atoms. The number of hydrogen-bond acceptors (Lipinski definition) is 1. The van der Waals surface area contributed by atoms with Gasteiger partial charge >= 0.3 is 0 Å². The first kappa shape index (κ1) is 12.4. The number of hydrogen-bond donors (Lipinski definition) is 1. The third-order valence-corrected chi connectivity index (χ3v) is 3.31. The first-order valence-electron chi connectivity index (χ1n) is 5.36. The Labute approximate surface area is 111 Å². The van der Waals surface area contributed by atoms with E-state index in [2.05, 4.69) is 0 Å². The summed E-state index contributed by atoms with van der Waals surface area (Å²) in [5, 5.41) is 10.4. The molecule has 0 aliphatic heterocycles. The topological polar surface area (TPSA) is 20.2 Å². The van der Waals surface area contributed by atoms with E-state index < -0.39 is 0 Å². The fourth-order valence-electron chi connectivity index (χ4n) is 1.75. The number of rotatable bonds is 3. The molecule has 0 radical (unpaired) electrons. The Morgan fingerprint density at radius 3 is 2.41 bits per heavy atom. The van der Waals surface area contributed by atoms with Crippen molar-refractivity contribution in [1.82, 2.24) is 0 Å². The number of benzene rings is 2. The fourth-order valence-corrected chi connectivity index (χ4v) is 2.21. The van der Waals surface area contributed by atoms with Crippen molar-refractivity contribution in [3.63, 3.8) is 0 Å². The molecule has 0 saturated heterocycles. The summed E-state index contributed by atoms with van der Waals surface area (Å²) in [4.78, 5) is 0. The lowest BCUT2D eigenvalue weighted by atomic mass is 10.0. The van der Waals surface area contributed by atoms with Gasteiger partial charge in [-0.2, -0.15) is 0 Å². The van der Waals surface area contributed by atoms with E-state index >= 15 is 0 Å². The van der Waals surface area contributed by atoms with Gasteiger partial charge in [0.05, 0.1) is 0 Å². The third-order valence-electron chi connectivity index (χ3n) is 2.61. The van der Waals surface area contributed by atoms with Crippen LogP contribution in [0.15, 0.2) is 42.5 Å². The molecule has 2 aromatic carbocycles. The molecule has 88 valence electrons. The van der Waals surface area contributed by atoms with Crippen LogP contribution < -0.4 is 0 Å². The van der Waals surface area contributed by atoms with Crippen LogP contribution in [0.3, 0.4) is 0 Å². The van der Waals surface area contributed by atoms with Crippen LogP contribution in [0.25, 0.3) is 11.1 Å². The molecule has 0 spiro atoms. The van der Waals surface area contributed by atoms with E-state index in [1.54, 1.807) is 0 Å². The van der Waals surface area contributed by atoms with Gasteiger partial charge in [-0.3, -0.25) is 0 Å². The van der Waals surface area contributed by atoms with Crippen molar-refractivity contribution in [2.45, 2.75) is 6.42 Å². The van der Waals surface area contributed by atoms with Crippen LogP contribution in [0.5, 0.6) is 0 Å². The molecule has 0 unspecified atom stereocenters. The summed E-state index contributed by atoms with van der Waals surface area (Å²) >= 11 is 12.2. The molecule has 0 saturated carbocycles. The van der Waals surface area contributed by atoms with E-state index in [0.717, 1.165) is 16.7 Å². The summed E-state index contributed by atoms with van der Waals surface area (Å²) in [6.45, 7) is 0.0890. The maximum absolute atomic E-state index is 8.98. The monoisotopic (exact) mass is 266 g/mol. The fraction of sp³-hybridized carbons (Fsp3) is 0.143. The molecule has 0 aliphatic rings. The smallest absolute Gasteiger partial charge is 0.0484 e. The standard InChI is InChI=1S/C14H12Cl2O/c15-13-6-5-10(9-11(13)7-8-17)12-3-1-2-4-14(12)16/h1-6,9,17H,7-8H2. The second-order valence-corrected chi connectivity index (χ2v) is 4.57. The lowest BCUT2D eigenvalue weighted by Gasteiger charge is -2.08. The molecule has 0 aromatic heterocycles. The zero-order valence-corrected chi connectivity index (χ0v) is 10.7. The van der Waals surface area contributed by atoms with Crippen LogP contribution >= 0.6 is 23.2 Å². The van der Waals surface area contributed by atoms with Gasteiger partial charge in [0, 0.05) is 22.2 Å². The van der Waals surface area contributed by atoms with Gasteiger partial charge < -0.3 is 5.11 Å². The van der Waals surface area contributed by atoms with Crippen molar-refractivity contribution >= 4 is 23.2 Å². The predicted molar refractivity (Wildman–Crippen MR) is 72.7 cm³/mol. The molecule has 2 rings (SSSR count). The van der Waals surface area contributed by atoms with Crippen molar-refractivity contribution in [2.24, 2.45) is 0 Å². The minimum Gasteiger partial charge on any atom is -0.396 e. The van der Waals surface area contributed by atoms with Gasteiger partial charge in [0.1, 0.15) is 0 Å². The molecule has 1 nitrogen and oxygen atoms in total. The minimum absolute atomic E-state index is 0.0890. The molecule has 17 heavy (non-hydrogen) atoms. The highest BCUT2D eigenvalue weighted by molar-refractivity contribution is 6.33. The minimum atomic E-state index is 0.0890. The second kappa shape index (κ2) is 5.54. The lowest BCUT2D eigenvalue weighted by molar-refractivity contribution is 0.299. The molecule has 2 aromatic rings. The Morgan fingerprint density at radius 2 is 1.71 bits per heavy atom. The quantitative estimate of drug-likeness (QED) is 0.883. The summed E-state index contributed by atoms with van der Waals surface area (Å²) < 4.78 is 0. The van der Waals surface area contributed by atoms with Gasteiger partial charge in [-0.05, 0) is 35.7 Å². The van der Waals surface area contributed by atoms with Crippen molar-refractivity contribution in [3.8, 4) is 11.1 Å². The lowest BCUT2D eigenvalue weighted by Crippen LogP contribution is -1.92. The molecule has 0 heterocycles. The second-order valence-electron chi connectivity index (χ2n) is 3.76. The molecule has 0 aliphatic carbocycles. The zero-order valence-electron chi connectivity index (χ0n) is 9.16. The molecule has 0 atom stereocenters. The Morgan fingerprint density at radius 1 is 0.941 bits per heavy atom. The van der Waals surface area contributed by atoms with Gasteiger partial charge in [-0.1, -0.05) is 47.5 Å². The van der Waals surface area contributed by atoms with Crippen molar-refractivity contribution in [2.75, 3.05) is 6.61 Å². The highest BCUT2D eigenvalue weighted by Crippen LogP contribution is 2.30. The number of aliphatic hydroxyl groups excluding tert-OH is 1. The third kappa shape index (κ3) is 2.81. The van der Waals surface area contributed by atoms with E-state index in [9.17, 15) is 0 Å². The van der Waals surface area contributed by atoms with Gasteiger partial charge in [0.25, 0.3) is 0 Å². The van der Waals surface area contributed by atoms with Crippen LogP contribution in [0.1, 0.15) is 5.56 Å². The first-order chi connectivity index (χ1) is 8.22. The first-order valence-corrected chi connectivity index (χ1v) is 6.12. The van der Waals surface area contributed by atoms with Crippen molar-refractivity contribution in [3.05, 3.63) is 58.1 Å². The highest BCUT2D eigenvalue weighted by atomic mass is 35.5. The molecule has 0 fully saturated rings. The maximum atomic E-state index is 8.98. The van der Waals surface area contributed by atoms with Gasteiger partial charge in [0.2, 0.25) is 0 Å². The Balaban J connectivity index is 2.46. The molecule has 1 N–H and O–H groups in total. The highest BCUT2D eigenvalue weighted by Gasteiger charge is 2.06. The summed E-state index contributed by atoms with van der Waals surface area (Å²) in [5.41, 5.74) is 2.93.